The third kappa shape index (κ3) is 3.11. The van der Waals surface area contributed by atoms with Crippen molar-refractivity contribution in [3.05, 3.63) is 16.1 Å². The second-order valence-corrected chi connectivity index (χ2v) is 4.01. The maximum Gasteiger partial charge on any atom is 0.289 e. The Balaban J connectivity index is 2.67. The van der Waals surface area contributed by atoms with Crippen LogP contribution in [0.2, 0.25) is 10.3 Å². The van der Waals surface area contributed by atoms with Crippen molar-refractivity contribution in [1.82, 2.24) is 14.9 Å². The fourth-order valence-corrected chi connectivity index (χ4v) is 1.37. The highest BCUT2D eigenvalue weighted by Gasteiger charge is 2.16. The zero-order chi connectivity index (χ0) is 11.4. The topological polar surface area (TPSA) is 49.0 Å². The van der Waals surface area contributed by atoms with Crippen molar-refractivity contribution >= 4 is 29.1 Å². The van der Waals surface area contributed by atoms with Gasteiger partial charge in [0.25, 0.3) is 5.91 Å². The van der Waals surface area contributed by atoms with Gasteiger partial charge in [0.2, 0.25) is 0 Å². The van der Waals surface area contributed by atoms with E-state index in [0.717, 1.165) is 12.8 Å². The molecular formula is C9H13Cl2N3O. The number of halogens is 2. The van der Waals surface area contributed by atoms with E-state index in [0.29, 0.717) is 6.54 Å². The summed E-state index contributed by atoms with van der Waals surface area (Å²) in [6.07, 6.45) is 2.00. The van der Waals surface area contributed by atoms with Gasteiger partial charge in [-0.3, -0.25) is 4.79 Å². The van der Waals surface area contributed by atoms with Gasteiger partial charge in [0, 0.05) is 13.6 Å². The predicted molar refractivity (Wildman–Crippen MR) is 60.5 cm³/mol. The van der Waals surface area contributed by atoms with E-state index in [1.807, 2.05) is 0 Å². The molecule has 1 aromatic heterocycles. The largest absolute Gasteiger partial charge is 0.339 e. The first-order chi connectivity index (χ1) is 7.06. The van der Waals surface area contributed by atoms with Crippen LogP contribution in [0.15, 0.2) is 0 Å². The molecule has 4 nitrogen and oxygen atoms in total. The molecule has 84 valence electrons. The lowest BCUT2D eigenvalue weighted by Crippen LogP contribution is -2.28. The quantitative estimate of drug-likeness (QED) is 0.892. The lowest BCUT2D eigenvalue weighted by Gasteiger charge is -2.14. The second-order valence-electron chi connectivity index (χ2n) is 3.27. The number of nitrogens with zero attached hydrogens (tertiary/aromatic N) is 2. The van der Waals surface area contributed by atoms with Crippen LogP contribution >= 0.6 is 23.2 Å². The van der Waals surface area contributed by atoms with Gasteiger partial charge in [-0.15, -0.1) is 0 Å². The molecule has 1 heterocycles. The first-order valence-corrected chi connectivity index (χ1v) is 5.48. The number of imidazole rings is 1. The fraction of sp³-hybridized carbons (Fsp3) is 0.556. The number of rotatable bonds is 4. The van der Waals surface area contributed by atoms with Crippen LogP contribution < -0.4 is 0 Å². The van der Waals surface area contributed by atoms with Crippen molar-refractivity contribution in [2.75, 3.05) is 13.6 Å². The molecule has 0 saturated heterocycles. The summed E-state index contributed by atoms with van der Waals surface area (Å²) < 4.78 is 0. The number of aromatic nitrogens is 2. The number of H-pyrrole nitrogens is 1. The first kappa shape index (κ1) is 12.3. The molecule has 0 bridgehead atoms. The van der Waals surface area contributed by atoms with E-state index < -0.39 is 0 Å². The monoisotopic (exact) mass is 249 g/mol. The molecule has 0 aromatic carbocycles. The Morgan fingerprint density at radius 1 is 1.53 bits per heavy atom. The maximum absolute atomic E-state index is 11.7. The number of hydrogen-bond acceptors (Lipinski definition) is 2. The van der Waals surface area contributed by atoms with Crippen LogP contribution in [0.5, 0.6) is 0 Å². The van der Waals surface area contributed by atoms with Crippen LogP contribution in [-0.2, 0) is 0 Å². The van der Waals surface area contributed by atoms with Crippen LogP contribution in [0.1, 0.15) is 30.4 Å². The Hall–Kier alpha value is -0.740. The Morgan fingerprint density at radius 2 is 2.20 bits per heavy atom. The van der Waals surface area contributed by atoms with Gasteiger partial charge in [0.15, 0.2) is 11.0 Å². The molecule has 1 rings (SSSR count). The summed E-state index contributed by atoms with van der Waals surface area (Å²) in [6.45, 7) is 2.77. The smallest absolute Gasteiger partial charge is 0.289 e. The Kier molecular flexibility index (Phi) is 4.42. The van der Waals surface area contributed by atoms with E-state index in [9.17, 15) is 4.79 Å². The zero-order valence-electron chi connectivity index (χ0n) is 8.68. The summed E-state index contributed by atoms with van der Waals surface area (Å²) >= 11 is 11.3. The van der Waals surface area contributed by atoms with Crippen molar-refractivity contribution in [2.45, 2.75) is 19.8 Å². The Labute approximate surface area is 98.6 Å². The van der Waals surface area contributed by atoms with Gasteiger partial charge < -0.3 is 9.88 Å². The average Bonchev–Trinajstić information content (AvgIpc) is 2.54. The van der Waals surface area contributed by atoms with Gasteiger partial charge in [-0.2, -0.15) is 0 Å². The predicted octanol–water partition coefficient (Wildman–Crippen LogP) is 2.59. The molecule has 0 atom stereocenters. The van der Waals surface area contributed by atoms with Crippen molar-refractivity contribution in [1.29, 1.82) is 0 Å². The van der Waals surface area contributed by atoms with E-state index >= 15 is 0 Å². The Morgan fingerprint density at radius 3 is 2.67 bits per heavy atom. The number of aromatic amines is 1. The molecule has 0 aliphatic rings. The molecule has 0 saturated carbocycles. The van der Waals surface area contributed by atoms with Crippen LogP contribution in [0, 0.1) is 0 Å². The van der Waals surface area contributed by atoms with Crippen LogP contribution in [0.3, 0.4) is 0 Å². The van der Waals surface area contributed by atoms with E-state index in [4.69, 9.17) is 23.2 Å². The van der Waals surface area contributed by atoms with Crippen LogP contribution in [0.4, 0.5) is 0 Å². The second kappa shape index (κ2) is 5.37. The lowest BCUT2D eigenvalue weighted by atomic mass is 10.3. The average molecular weight is 250 g/mol. The molecule has 1 aromatic rings. The molecule has 0 spiro atoms. The normalized spacial score (nSPS) is 10.4. The molecule has 1 N–H and O–H groups in total. The van der Waals surface area contributed by atoms with Gasteiger partial charge in [-0.25, -0.2) is 4.98 Å². The van der Waals surface area contributed by atoms with E-state index in [1.165, 1.54) is 0 Å². The van der Waals surface area contributed by atoms with Crippen LogP contribution in [-0.4, -0.2) is 34.4 Å². The van der Waals surface area contributed by atoms with Gasteiger partial charge >= 0.3 is 0 Å². The molecule has 1 amide bonds. The molecule has 15 heavy (non-hydrogen) atoms. The van der Waals surface area contributed by atoms with Crippen molar-refractivity contribution in [3.63, 3.8) is 0 Å². The summed E-state index contributed by atoms with van der Waals surface area (Å²) in [5.74, 6) is -0.0131. The van der Waals surface area contributed by atoms with Gasteiger partial charge in [-0.1, -0.05) is 36.5 Å². The number of nitrogens with one attached hydrogen (secondary N) is 1. The lowest BCUT2D eigenvalue weighted by molar-refractivity contribution is 0.0782. The number of unbranched alkanes of at least 4 members (excludes halogenated alkanes) is 1. The summed E-state index contributed by atoms with van der Waals surface area (Å²) in [5, 5.41) is 0.327. The minimum absolute atomic E-state index is 0.129. The molecule has 6 heteroatoms. The highest BCUT2D eigenvalue weighted by atomic mass is 35.5. The summed E-state index contributed by atoms with van der Waals surface area (Å²) in [4.78, 5) is 19.8. The summed E-state index contributed by atoms with van der Waals surface area (Å²) in [5.41, 5.74) is 0. The standard InChI is InChI=1S/C9H13Cl2N3O/c1-3-4-5-14(2)9(15)8-12-6(10)7(11)13-8/h3-5H2,1-2H3,(H,12,13). The minimum atomic E-state index is -0.197. The molecule has 0 fully saturated rings. The summed E-state index contributed by atoms with van der Waals surface area (Å²) in [6, 6.07) is 0. The van der Waals surface area contributed by atoms with E-state index in [-0.39, 0.29) is 22.0 Å². The number of carbonyl (C=O) groups excluding carboxylic acids is 1. The highest BCUT2D eigenvalue weighted by molar-refractivity contribution is 6.40. The van der Waals surface area contributed by atoms with Gasteiger partial charge in [0.1, 0.15) is 5.15 Å². The van der Waals surface area contributed by atoms with Gasteiger partial charge in [-0.05, 0) is 6.42 Å². The molecular weight excluding hydrogens is 237 g/mol. The SMILES string of the molecule is CCCCN(C)C(=O)c1nc(Cl)c(Cl)[nH]1. The number of hydrogen-bond donors (Lipinski definition) is 1. The Bertz CT molecular complexity index is 332. The number of carbonyl (C=O) groups is 1. The fourth-order valence-electron chi connectivity index (χ4n) is 1.11. The van der Waals surface area contributed by atoms with Gasteiger partial charge in [0.05, 0.1) is 0 Å². The van der Waals surface area contributed by atoms with Crippen molar-refractivity contribution in [2.24, 2.45) is 0 Å². The zero-order valence-corrected chi connectivity index (χ0v) is 10.2. The van der Waals surface area contributed by atoms with E-state index in [2.05, 4.69) is 16.9 Å². The molecule has 0 aliphatic carbocycles. The maximum atomic E-state index is 11.7. The summed E-state index contributed by atoms with van der Waals surface area (Å²) in [7, 11) is 1.72. The van der Waals surface area contributed by atoms with Crippen LogP contribution in [0.25, 0.3) is 0 Å². The highest BCUT2D eigenvalue weighted by Crippen LogP contribution is 2.18. The van der Waals surface area contributed by atoms with Crippen molar-refractivity contribution < 1.29 is 4.79 Å². The van der Waals surface area contributed by atoms with Crippen molar-refractivity contribution in [3.8, 4) is 0 Å². The third-order valence-corrected chi connectivity index (χ3v) is 2.66. The minimum Gasteiger partial charge on any atom is -0.339 e. The molecule has 0 aliphatic heterocycles. The molecule has 0 radical (unpaired) electrons. The third-order valence-electron chi connectivity index (χ3n) is 2.02. The first-order valence-electron chi connectivity index (χ1n) is 4.72. The molecule has 0 unspecified atom stereocenters. The number of amides is 1. The van der Waals surface area contributed by atoms with E-state index in [1.54, 1.807) is 11.9 Å².